The Morgan fingerprint density at radius 2 is 1.91 bits per heavy atom. The molecule has 0 aliphatic rings. The van der Waals surface area contributed by atoms with Crippen molar-refractivity contribution in [2.75, 3.05) is 0 Å². The lowest BCUT2D eigenvalue weighted by Crippen LogP contribution is -2.03. The number of carboxylic acids is 1. The molecule has 164 valence electrons. The van der Waals surface area contributed by atoms with Gasteiger partial charge in [-0.3, -0.25) is 5.10 Å². The van der Waals surface area contributed by atoms with Crippen molar-refractivity contribution in [3.05, 3.63) is 71.9 Å². The Labute approximate surface area is 191 Å². The van der Waals surface area contributed by atoms with Crippen molar-refractivity contribution in [3.63, 3.8) is 0 Å². The molecule has 2 aromatic carbocycles. The van der Waals surface area contributed by atoms with Crippen molar-refractivity contribution >= 4 is 49.3 Å². The second-order valence-corrected chi connectivity index (χ2v) is 9.51. The molecule has 0 bridgehead atoms. The molecule has 0 atom stereocenters. The highest BCUT2D eigenvalue weighted by Crippen LogP contribution is 2.45. The summed E-state index contributed by atoms with van der Waals surface area (Å²) in [7, 11) is 0. The van der Waals surface area contributed by atoms with Gasteiger partial charge >= 0.3 is 5.97 Å². The summed E-state index contributed by atoms with van der Waals surface area (Å²) in [6.07, 6.45) is 1.80. The van der Waals surface area contributed by atoms with Crippen LogP contribution in [0, 0.1) is 5.82 Å². The van der Waals surface area contributed by atoms with Crippen molar-refractivity contribution in [1.82, 2.24) is 19.7 Å². The first-order valence-corrected chi connectivity index (χ1v) is 11.4. The number of halogens is 1. The first-order chi connectivity index (χ1) is 15.9. The van der Waals surface area contributed by atoms with Gasteiger partial charge in [0.15, 0.2) is 0 Å². The predicted molar refractivity (Wildman–Crippen MR) is 129 cm³/mol. The van der Waals surface area contributed by atoms with Crippen LogP contribution in [0.3, 0.4) is 0 Å². The normalized spacial score (nSPS) is 12.0. The monoisotopic (exact) mass is 458 g/mol. The summed E-state index contributed by atoms with van der Waals surface area (Å²) < 4.78 is 16.8. The van der Waals surface area contributed by atoms with Gasteiger partial charge in [-0.2, -0.15) is 5.10 Å². The Kier molecular flexibility index (Phi) is 4.22. The Morgan fingerprint density at radius 3 is 2.61 bits per heavy atom. The van der Waals surface area contributed by atoms with E-state index in [9.17, 15) is 14.3 Å². The molecule has 0 unspecified atom stereocenters. The van der Waals surface area contributed by atoms with Crippen LogP contribution >= 0.6 is 11.3 Å². The fraction of sp³-hybridized carbons (Fsp3) is 0.120. The molecule has 4 heterocycles. The Morgan fingerprint density at radius 1 is 1.12 bits per heavy atom. The third-order valence-corrected chi connectivity index (χ3v) is 7.08. The van der Waals surface area contributed by atoms with Crippen molar-refractivity contribution in [1.29, 1.82) is 0 Å². The summed E-state index contributed by atoms with van der Waals surface area (Å²) in [6.45, 7) is 4.29. The highest BCUT2D eigenvalue weighted by molar-refractivity contribution is 7.22. The van der Waals surface area contributed by atoms with Crippen LogP contribution in [0.5, 0.6) is 0 Å². The van der Waals surface area contributed by atoms with Crippen molar-refractivity contribution in [3.8, 4) is 16.1 Å². The highest BCUT2D eigenvalue weighted by Gasteiger charge is 2.24. The summed E-state index contributed by atoms with van der Waals surface area (Å²) in [5.41, 5.74) is 6.01. The number of nitrogens with one attached hydrogen (secondary N) is 2. The van der Waals surface area contributed by atoms with E-state index in [0.29, 0.717) is 0 Å². The summed E-state index contributed by atoms with van der Waals surface area (Å²) in [5, 5.41) is 18.6. The average molecular weight is 459 g/mol. The fourth-order valence-electron chi connectivity index (χ4n) is 4.58. The van der Waals surface area contributed by atoms with Gasteiger partial charge in [-0.05, 0) is 54.4 Å². The van der Waals surface area contributed by atoms with Crippen LogP contribution < -0.4 is 0 Å². The van der Waals surface area contributed by atoms with Crippen LogP contribution in [0.2, 0.25) is 0 Å². The average Bonchev–Trinajstić information content (AvgIpc) is 3.52. The minimum atomic E-state index is -0.975. The molecule has 0 spiro atoms. The highest BCUT2D eigenvalue weighted by atomic mass is 32.1. The largest absolute Gasteiger partial charge is 0.477 e. The Hall–Kier alpha value is -3.91. The van der Waals surface area contributed by atoms with Crippen LogP contribution in [-0.4, -0.2) is 30.8 Å². The van der Waals surface area contributed by atoms with Crippen molar-refractivity contribution < 1.29 is 14.3 Å². The standard InChI is InChI=1S/C25H19FN4O2S/c1-12(2)24-23(22-9-18-21(33-22)10-19(28-18)25(31)32)16-8-17-13(11-27-29-17)7-20(16)30(24)15-5-3-14(26)4-6-15/h3-12,28H,1-2H3,(H,27,29)(H,31,32). The van der Waals surface area contributed by atoms with Crippen LogP contribution in [0.1, 0.15) is 35.9 Å². The zero-order valence-corrected chi connectivity index (χ0v) is 18.6. The smallest absolute Gasteiger partial charge is 0.352 e. The van der Waals surface area contributed by atoms with Crippen LogP contribution in [0.15, 0.2) is 54.7 Å². The molecular weight excluding hydrogens is 439 g/mol. The second kappa shape index (κ2) is 7.05. The van der Waals surface area contributed by atoms with E-state index < -0.39 is 5.97 Å². The number of aromatic nitrogens is 4. The van der Waals surface area contributed by atoms with Gasteiger partial charge in [-0.15, -0.1) is 11.3 Å². The second-order valence-electron chi connectivity index (χ2n) is 8.43. The Balaban J connectivity index is 1.71. The summed E-state index contributed by atoms with van der Waals surface area (Å²) in [6, 6.07) is 14.4. The summed E-state index contributed by atoms with van der Waals surface area (Å²) >= 11 is 1.56. The van der Waals surface area contributed by atoms with Gasteiger partial charge in [0.05, 0.1) is 27.4 Å². The van der Waals surface area contributed by atoms with Gasteiger partial charge in [0.2, 0.25) is 0 Å². The maximum Gasteiger partial charge on any atom is 0.352 e. The topological polar surface area (TPSA) is 86.7 Å². The first kappa shape index (κ1) is 19.8. The molecule has 4 aromatic heterocycles. The number of aromatic carboxylic acids is 1. The van der Waals surface area contributed by atoms with E-state index in [0.717, 1.165) is 53.8 Å². The number of nitrogens with zero attached hydrogens (tertiary/aromatic N) is 2. The number of carbonyl (C=O) groups is 1. The molecular formula is C25H19FN4O2S. The van der Waals surface area contributed by atoms with E-state index in [-0.39, 0.29) is 17.4 Å². The summed E-state index contributed by atoms with van der Waals surface area (Å²) in [4.78, 5) is 15.4. The molecule has 0 aliphatic heterocycles. The number of carboxylic acid groups (broad SMARTS) is 1. The van der Waals surface area contributed by atoms with E-state index >= 15 is 0 Å². The summed E-state index contributed by atoms with van der Waals surface area (Å²) in [5.74, 6) is -1.08. The van der Waals surface area contributed by atoms with E-state index in [1.807, 2.05) is 6.07 Å². The number of fused-ring (bicyclic) bond motifs is 3. The van der Waals surface area contributed by atoms with Crippen LogP contribution in [0.25, 0.3) is 48.2 Å². The zero-order valence-electron chi connectivity index (χ0n) is 17.8. The number of hydrogen-bond acceptors (Lipinski definition) is 3. The maximum absolute atomic E-state index is 13.7. The van der Waals surface area contributed by atoms with Gasteiger partial charge in [0.25, 0.3) is 0 Å². The molecule has 0 radical (unpaired) electrons. The molecule has 0 aliphatic carbocycles. The lowest BCUT2D eigenvalue weighted by Gasteiger charge is -2.15. The number of aromatic amines is 2. The third-order valence-electron chi connectivity index (χ3n) is 5.98. The first-order valence-electron chi connectivity index (χ1n) is 10.5. The Bertz CT molecular complexity index is 1650. The molecule has 33 heavy (non-hydrogen) atoms. The quantitative estimate of drug-likeness (QED) is 0.275. The molecule has 3 N–H and O–H groups in total. The minimum Gasteiger partial charge on any atom is -0.477 e. The molecule has 0 saturated heterocycles. The van der Waals surface area contributed by atoms with E-state index in [1.165, 1.54) is 12.1 Å². The van der Waals surface area contributed by atoms with E-state index in [4.69, 9.17) is 0 Å². The lowest BCUT2D eigenvalue weighted by atomic mass is 10.0. The molecule has 8 heteroatoms. The van der Waals surface area contributed by atoms with Gasteiger partial charge in [-0.25, -0.2) is 9.18 Å². The predicted octanol–water partition coefficient (Wildman–Crippen LogP) is 6.68. The van der Waals surface area contributed by atoms with Gasteiger partial charge in [-0.1, -0.05) is 13.8 Å². The van der Waals surface area contributed by atoms with Crippen molar-refractivity contribution in [2.45, 2.75) is 19.8 Å². The van der Waals surface area contributed by atoms with Crippen LogP contribution in [-0.2, 0) is 0 Å². The maximum atomic E-state index is 13.7. The number of benzene rings is 2. The SMILES string of the molecule is CC(C)c1c(-c2cc3[nH]c(C(=O)O)cc3s2)c2cc3[nH]ncc3cc2n1-c1ccc(F)cc1. The molecule has 6 nitrogen and oxygen atoms in total. The molecule has 6 aromatic rings. The van der Waals surface area contributed by atoms with Crippen LogP contribution in [0.4, 0.5) is 4.39 Å². The number of hydrogen-bond donors (Lipinski definition) is 3. The zero-order chi connectivity index (χ0) is 22.9. The third kappa shape index (κ3) is 2.98. The van der Waals surface area contributed by atoms with Crippen molar-refractivity contribution in [2.24, 2.45) is 0 Å². The molecule has 6 rings (SSSR count). The number of thiophene rings is 1. The van der Waals surface area contributed by atoms with E-state index in [1.54, 1.807) is 35.7 Å². The van der Waals surface area contributed by atoms with E-state index in [2.05, 4.69) is 45.7 Å². The van der Waals surface area contributed by atoms with Gasteiger partial charge in [0.1, 0.15) is 11.5 Å². The lowest BCUT2D eigenvalue weighted by molar-refractivity contribution is 0.0691. The van der Waals surface area contributed by atoms with Gasteiger partial charge in [0, 0.05) is 32.6 Å². The van der Waals surface area contributed by atoms with Gasteiger partial charge < -0.3 is 14.7 Å². The minimum absolute atomic E-state index is 0.170. The molecule has 0 fully saturated rings. The number of rotatable bonds is 4. The molecule has 0 amide bonds. The number of H-pyrrole nitrogens is 2. The molecule has 0 saturated carbocycles. The fourth-order valence-corrected chi connectivity index (χ4v) is 5.71.